The Kier molecular flexibility index (Phi) is 7.01. The molecule has 2 amide bonds. The van der Waals surface area contributed by atoms with Gasteiger partial charge in [0, 0.05) is 36.6 Å². The lowest BCUT2D eigenvalue weighted by Gasteiger charge is -2.47. The molecule has 192 valence electrons. The first-order chi connectivity index (χ1) is 17.3. The molecule has 1 aromatic heterocycles. The van der Waals surface area contributed by atoms with Gasteiger partial charge in [-0.3, -0.25) is 19.1 Å². The van der Waals surface area contributed by atoms with Gasteiger partial charge < -0.3 is 14.9 Å². The van der Waals surface area contributed by atoms with Gasteiger partial charge in [-0.05, 0) is 74.8 Å². The zero-order valence-corrected chi connectivity index (χ0v) is 20.8. The van der Waals surface area contributed by atoms with Gasteiger partial charge in [0.15, 0.2) is 5.69 Å². The average molecular weight is 517 g/mol. The molecule has 2 atom stereocenters. The normalized spacial score (nSPS) is 23.7. The summed E-state index contributed by atoms with van der Waals surface area (Å²) in [6.45, 7) is 1.55. The number of aryl methyl sites for hydroxylation is 2. The third kappa shape index (κ3) is 5.12. The van der Waals surface area contributed by atoms with Gasteiger partial charge in [0.25, 0.3) is 5.91 Å². The van der Waals surface area contributed by atoms with Crippen molar-refractivity contribution in [2.75, 3.05) is 6.54 Å². The minimum atomic E-state index is -0.780. The molecule has 8 nitrogen and oxygen atoms in total. The SMILES string of the molecule is O=C(O)C1CC2CCCC(C1)N2C(=O)c1cc2n(n1)CCCN(C(=O)CCc1cc(F)cc(Cl)c1)C2. The summed E-state index contributed by atoms with van der Waals surface area (Å²) >= 11 is 5.93. The molecule has 1 aromatic carbocycles. The first kappa shape index (κ1) is 24.7. The van der Waals surface area contributed by atoms with Crippen LogP contribution in [0.15, 0.2) is 24.3 Å². The Balaban J connectivity index is 1.26. The minimum Gasteiger partial charge on any atom is -0.481 e. The van der Waals surface area contributed by atoms with E-state index in [1.807, 2.05) is 9.58 Å². The molecular formula is C26H30ClFN4O4. The van der Waals surface area contributed by atoms with Crippen LogP contribution in [0, 0.1) is 11.7 Å². The Morgan fingerprint density at radius 2 is 1.81 bits per heavy atom. The van der Waals surface area contributed by atoms with Crippen LogP contribution in [0.4, 0.5) is 4.39 Å². The molecule has 2 unspecified atom stereocenters. The van der Waals surface area contributed by atoms with E-state index in [0.29, 0.717) is 55.2 Å². The summed E-state index contributed by atoms with van der Waals surface area (Å²) in [7, 11) is 0. The number of halogens is 2. The summed E-state index contributed by atoms with van der Waals surface area (Å²) < 4.78 is 15.4. The lowest BCUT2D eigenvalue weighted by Crippen LogP contribution is -2.55. The Morgan fingerprint density at radius 3 is 2.50 bits per heavy atom. The molecule has 2 saturated heterocycles. The van der Waals surface area contributed by atoms with Crippen molar-refractivity contribution in [2.45, 2.75) is 76.5 Å². The molecule has 0 radical (unpaired) electrons. The maximum atomic E-state index is 13.6. The van der Waals surface area contributed by atoms with E-state index < -0.39 is 17.7 Å². The number of hydrogen-bond acceptors (Lipinski definition) is 4. The number of nitrogens with zero attached hydrogens (tertiary/aromatic N) is 4. The van der Waals surface area contributed by atoms with Crippen molar-refractivity contribution in [3.05, 3.63) is 52.1 Å². The molecule has 5 rings (SSSR count). The molecule has 3 aliphatic rings. The summed E-state index contributed by atoms with van der Waals surface area (Å²) in [4.78, 5) is 41.7. The lowest BCUT2D eigenvalue weighted by atomic mass is 9.78. The van der Waals surface area contributed by atoms with Gasteiger partial charge in [0.05, 0.1) is 18.2 Å². The number of aliphatic carboxylic acids is 1. The van der Waals surface area contributed by atoms with Crippen LogP contribution in [0.2, 0.25) is 5.02 Å². The van der Waals surface area contributed by atoms with Gasteiger partial charge in [0.1, 0.15) is 5.82 Å². The van der Waals surface area contributed by atoms with E-state index in [9.17, 15) is 23.9 Å². The fourth-order valence-corrected chi connectivity index (χ4v) is 6.24. The monoisotopic (exact) mass is 516 g/mol. The molecule has 1 N–H and O–H groups in total. The van der Waals surface area contributed by atoms with Crippen molar-refractivity contribution in [2.24, 2.45) is 5.92 Å². The Bertz CT molecular complexity index is 1150. The molecule has 2 fully saturated rings. The molecule has 36 heavy (non-hydrogen) atoms. The Labute approximate surface area is 214 Å². The van der Waals surface area contributed by atoms with Crippen molar-refractivity contribution in [3.8, 4) is 0 Å². The number of carbonyl (C=O) groups excluding carboxylic acids is 2. The number of carboxylic acid groups (broad SMARTS) is 1. The van der Waals surface area contributed by atoms with Crippen molar-refractivity contribution < 1.29 is 23.9 Å². The summed E-state index contributed by atoms with van der Waals surface area (Å²) in [6.07, 6.45) is 4.97. The number of benzene rings is 1. The van der Waals surface area contributed by atoms with Crippen LogP contribution in [-0.2, 0) is 29.1 Å². The molecule has 0 saturated carbocycles. The Hall–Kier alpha value is -2.94. The van der Waals surface area contributed by atoms with E-state index in [2.05, 4.69) is 5.10 Å². The van der Waals surface area contributed by atoms with Gasteiger partial charge in [-0.2, -0.15) is 5.10 Å². The molecule has 2 bridgehead atoms. The largest absolute Gasteiger partial charge is 0.481 e. The fourth-order valence-electron chi connectivity index (χ4n) is 5.99. The summed E-state index contributed by atoms with van der Waals surface area (Å²) in [5.41, 5.74) is 1.85. The van der Waals surface area contributed by atoms with Crippen molar-refractivity contribution >= 4 is 29.4 Å². The number of piperidine rings is 2. The predicted molar refractivity (Wildman–Crippen MR) is 130 cm³/mol. The zero-order chi connectivity index (χ0) is 25.4. The standard InChI is InChI=1S/C26H30ClFN4O4/c27-18-9-16(10-19(28)13-18)5-6-24(33)30-7-2-8-31-22(15-30)14-23(29-31)25(34)32-20-3-1-4-21(32)12-17(11-20)26(35)36/h9-10,13-14,17,20-21H,1-8,11-12,15H2,(H,35,36). The van der Waals surface area contributed by atoms with Gasteiger partial charge in [-0.25, -0.2) is 4.39 Å². The van der Waals surface area contributed by atoms with E-state index in [1.165, 1.54) is 12.1 Å². The van der Waals surface area contributed by atoms with E-state index in [-0.39, 0.29) is 30.3 Å². The van der Waals surface area contributed by atoms with Crippen LogP contribution in [0.25, 0.3) is 0 Å². The van der Waals surface area contributed by atoms with Crippen LogP contribution in [0.3, 0.4) is 0 Å². The summed E-state index contributed by atoms with van der Waals surface area (Å²) in [5, 5.41) is 14.4. The van der Waals surface area contributed by atoms with Crippen LogP contribution in [0.1, 0.15) is 66.7 Å². The number of amides is 2. The van der Waals surface area contributed by atoms with Gasteiger partial charge in [0.2, 0.25) is 5.91 Å². The highest BCUT2D eigenvalue weighted by Crippen LogP contribution is 2.38. The number of carbonyl (C=O) groups is 3. The van der Waals surface area contributed by atoms with Gasteiger partial charge in [-0.15, -0.1) is 0 Å². The third-order valence-corrected chi connectivity index (χ3v) is 7.91. The number of rotatable bonds is 5. The molecule has 0 spiro atoms. The van der Waals surface area contributed by atoms with Crippen LogP contribution in [0.5, 0.6) is 0 Å². The first-order valence-corrected chi connectivity index (χ1v) is 13.0. The maximum absolute atomic E-state index is 13.6. The zero-order valence-electron chi connectivity index (χ0n) is 20.0. The number of fused-ring (bicyclic) bond motifs is 3. The van der Waals surface area contributed by atoms with Crippen LogP contribution >= 0.6 is 11.6 Å². The highest BCUT2D eigenvalue weighted by atomic mass is 35.5. The first-order valence-electron chi connectivity index (χ1n) is 12.6. The second-order valence-corrected chi connectivity index (χ2v) is 10.6. The van der Waals surface area contributed by atoms with Gasteiger partial charge >= 0.3 is 5.97 Å². The molecule has 2 aromatic rings. The average Bonchev–Trinajstić information content (AvgIpc) is 3.11. The topological polar surface area (TPSA) is 95.7 Å². The molecule has 3 aliphatic heterocycles. The van der Waals surface area contributed by atoms with E-state index >= 15 is 0 Å². The fraction of sp³-hybridized carbons (Fsp3) is 0.538. The number of hydrogen-bond donors (Lipinski definition) is 1. The quantitative estimate of drug-likeness (QED) is 0.650. The smallest absolute Gasteiger partial charge is 0.306 e. The molecule has 4 heterocycles. The third-order valence-electron chi connectivity index (χ3n) is 7.69. The molecular weight excluding hydrogens is 487 g/mol. The second-order valence-electron chi connectivity index (χ2n) is 10.1. The highest BCUT2D eigenvalue weighted by Gasteiger charge is 2.43. The Morgan fingerprint density at radius 1 is 1.06 bits per heavy atom. The van der Waals surface area contributed by atoms with Crippen molar-refractivity contribution in [3.63, 3.8) is 0 Å². The van der Waals surface area contributed by atoms with E-state index in [0.717, 1.165) is 31.4 Å². The molecule has 10 heteroatoms. The second kappa shape index (κ2) is 10.2. The summed E-state index contributed by atoms with van der Waals surface area (Å²) in [5.74, 6) is -1.78. The minimum absolute atomic E-state index is 0.0387. The van der Waals surface area contributed by atoms with Crippen molar-refractivity contribution in [1.29, 1.82) is 0 Å². The predicted octanol–water partition coefficient (Wildman–Crippen LogP) is 3.90. The lowest BCUT2D eigenvalue weighted by molar-refractivity contribution is -0.145. The maximum Gasteiger partial charge on any atom is 0.306 e. The highest BCUT2D eigenvalue weighted by molar-refractivity contribution is 6.30. The van der Waals surface area contributed by atoms with Crippen LogP contribution in [-0.4, -0.2) is 61.1 Å². The number of aromatic nitrogens is 2. The van der Waals surface area contributed by atoms with E-state index in [4.69, 9.17) is 11.6 Å². The van der Waals surface area contributed by atoms with E-state index in [1.54, 1.807) is 17.0 Å². The van der Waals surface area contributed by atoms with Gasteiger partial charge in [-0.1, -0.05) is 11.6 Å². The summed E-state index contributed by atoms with van der Waals surface area (Å²) in [6, 6.07) is 5.94. The van der Waals surface area contributed by atoms with Crippen LogP contribution < -0.4 is 0 Å². The number of carboxylic acids is 1. The van der Waals surface area contributed by atoms with Crippen molar-refractivity contribution in [1.82, 2.24) is 19.6 Å². The molecule has 0 aliphatic carbocycles.